The third-order valence-corrected chi connectivity index (χ3v) is 4.38. The lowest BCUT2D eigenvalue weighted by Gasteiger charge is -2.26. The Kier molecular flexibility index (Phi) is 4.86. The van der Waals surface area contributed by atoms with E-state index >= 15 is 0 Å². The molecule has 1 aliphatic rings. The van der Waals surface area contributed by atoms with Crippen molar-refractivity contribution in [1.82, 2.24) is 19.9 Å². The number of fused-ring (bicyclic) bond motifs is 1. The first-order chi connectivity index (χ1) is 13.2. The zero-order chi connectivity index (χ0) is 18.6. The van der Waals surface area contributed by atoms with E-state index in [2.05, 4.69) is 15.2 Å². The first-order valence-electron chi connectivity index (χ1n) is 8.64. The molecule has 1 fully saturated rings. The summed E-state index contributed by atoms with van der Waals surface area (Å²) < 4.78 is 7.14. The molecule has 0 spiro atoms. The number of hydrogen-bond donors (Lipinski definition) is 0. The van der Waals surface area contributed by atoms with Crippen molar-refractivity contribution in [2.24, 2.45) is 4.99 Å². The van der Waals surface area contributed by atoms with Crippen LogP contribution >= 0.6 is 0 Å². The van der Waals surface area contributed by atoms with Gasteiger partial charge in [-0.3, -0.25) is 15.0 Å². The van der Waals surface area contributed by atoms with Crippen molar-refractivity contribution in [3.63, 3.8) is 0 Å². The molecule has 9 heteroatoms. The quantitative estimate of drug-likeness (QED) is 0.304. The van der Waals surface area contributed by atoms with Gasteiger partial charge >= 0.3 is 0 Å². The van der Waals surface area contributed by atoms with Crippen molar-refractivity contribution in [2.45, 2.75) is 0 Å². The molecule has 1 aliphatic heterocycles. The molecule has 1 saturated heterocycles. The van der Waals surface area contributed by atoms with Crippen LogP contribution in [0.5, 0.6) is 0 Å². The summed E-state index contributed by atoms with van der Waals surface area (Å²) in [7, 11) is 0. The molecular weight excluding hydrogens is 348 g/mol. The van der Waals surface area contributed by atoms with Crippen LogP contribution in [0.15, 0.2) is 53.5 Å². The van der Waals surface area contributed by atoms with E-state index in [1.54, 1.807) is 16.8 Å². The predicted octanol–water partition coefficient (Wildman–Crippen LogP) is 2.25. The van der Waals surface area contributed by atoms with Crippen LogP contribution in [0.1, 0.15) is 0 Å². The summed E-state index contributed by atoms with van der Waals surface area (Å²) in [6, 6.07) is 13.9. The smallest absolute Gasteiger partial charge is 0.269 e. The average molecular weight is 366 g/mol. The largest absolute Gasteiger partial charge is 0.379 e. The van der Waals surface area contributed by atoms with Crippen LogP contribution in [0.4, 0.5) is 11.4 Å². The van der Waals surface area contributed by atoms with Crippen LogP contribution in [0.25, 0.3) is 11.0 Å². The van der Waals surface area contributed by atoms with Crippen molar-refractivity contribution < 1.29 is 9.66 Å². The van der Waals surface area contributed by atoms with Crippen molar-refractivity contribution in [2.75, 3.05) is 32.8 Å². The highest BCUT2D eigenvalue weighted by atomic mass is 16.6. The highest BCUT2D eigenvalue weighted by molar-refractivity contribution is 5.94. The van der Waals surface area contributed by atoms with Crippen molar-refractivity contribution in [1.29, 1.82) is 0 Å². The highest BCUT2D eigenvalue weighted by Gasteiger charge is 2.17. The fourth-order valence-corrected chi connectivity index (χ4v) is 2.97. The van der Waals surface area contributed by atoms with Gasteiger partial charge < -0.3 is 4.74 Å². The van der Waals surface area contributed by atoms with E-state index in [0.717, 1.165) is 24.1 Å². The molecule has 0 unspecified atom stereocenters. The number of aromatic nitrogens is 3. The molecule has 2 heterocycles. The third kappa shape index (κ3) is 3.83. The molecule has 2 aromatic carbocycles. The van der Waals surface area contributed by atoms with Gasteiger partial charge in [0, 0.05) is 25.2 Å². The Hall–Kier alpha value is -3.17. The number of nitro groups is 1. The second kappa shape index (κ2) is 7.60. The molecule has 4 rings (SSSR count). The van der Waals surface area contributed by atoms with Gasteiger partial charge in [-0.2, -0.15) is 4.68 Å². The molecular formula is C18H18N6O3. The van der Waals surface area contributed by atoms with Gasteiger partial charge in [0.15, 0.2) is 0 Å². The predicted molar refractivity (Wildman–Crippen MR) is 100 cm³/mol. The minimum Gasteiger partial charge on any atom is -0.379 e. The highest BCUT2D eigenvalue weighted by Crippen LogP contribution is 2.19. The minimum absolute atomic E-state index is 0.0369. The van der Waals surface area contributed by atoms with Crippen LogP contribution in [-0.2, 0) is 4.74 Å². The normalized spacial score (nSPS) is 15.9. The molecule has 0 amide bonds. The van der Waals surface area contributed by atoms with E-state index in [0.29, 0.717) is 31.3 Å². The van der Waals surface area contributed by atoms with Gasteiger partial charge in [-0.15, -0.1) is 5.10 Å². The fourth-order valence-electron chi connectivity index (χ4n) is 2.97. The Morgan fingerprint density at radius 3 is 2.63 bits per heavy atom. The van der Waals surface area contributed by atoms with Gasteiger partial charge in [0.1, 0.15) is 11.4 Å². The SMILES string of the molecule is O=[N+]([O-])c1ccc(N=C(CN2CCOCC2)n2nnc3ccccc32)cc1. The van der Waals surface area contributed by atoms with E-state index in [1.165, 1.54) is 12.1 Å². The number of morpholine rings is 1. The number of rotatable bonds is 4. The minimum atomic E-state index is -0.424. The molecule has 0 bridgehead atoms. The molecule has 0 radical (unpaired) electrons. The van der Waals surface area contributed by atoms with Crippen LogP contribution in [0.2, 0.25) is 0 Å². The summed E-state index contributed by atoms with van der Waals surface area (Å²) in [6.07, 6.45) is 0. The maximum absolute atomic E-state index is 10.9. The van der Waals surface area contributed by atoms with E-state index in [9.17, 15) is 10.1 Å². The molecule has 1 aromatic heterocycles. The average Bonchev–Trinajstić information content (AvgIpc) is 3.13. The van der Waals surface area contributed by atoms with Crippen LogP contribution in [-0.4, -0.2) is 63.5 Å². The van der Waals surface area contributed by atoms with E-state index < -0.39 is 4.92 Å². The van der Waals surface area contributed by atoms with Crippen molar-refractivity contribution in [3.8, 4) is 0 Å². The summed E-state index contributed by atoms with van der Waals surface area (Å²) in [6.45, 7) is 3.57. The second-order valence-electron chi connectivity index (χ2n) is 6.18. The zero-order valence-electron chi connectivity index (χ0n) is 14.6. The molecule has 3 aromatic rings. The third-order valence-electron chi connectivity index (χ3n) is 4.38. The maximum Gasteiger partial charge on any atom is 0.269 e. The number of benzene rings is 2. The summed E-state index contributed by atoms with van der Waals surface area (Å²) in [5, 5.41) is 19.3. The summed E-state index contributed by atoms with van der Waals surface area (Å²) in [4.78, 5) is 17.4. The van der Waals surface area contributed by atoms with E-state index in [1.807, 2.05) is 24.3 Å². The van der Waals surface area contributed by atoms with Crippen molar-refractivity contribution in [3.05, 3.63) is 58.6 Å². The second-order valence-corrected chi connectivity index (χ2v) is 6.18. The van der Waals surface area contributed by atoms with Gasteiger partial charge in [-0.05, 0) is 24.3 Å². The Morgan fingerprint density at radius 2 is 1.89 bits per heavy atom. The Labute approximate surface area is 155 Å². The van der Waals surface area contributed by atoms with E-state index in [-0.39, 0.29) is 5.69 Å². The number of nitro benzene ring substituents is 1. The van der Waals surface area contributed by atoms with Crippen LogP contribution < -0.4 is 0 Å². The van der Waals surface area contributed by atoms with Crippen molar-refractivity contribution >= 4 is 28.2 Å². The summed E-state index contributed by atoms with van der Waals surface area (Å²) >= 11 is 0. The first kappa shape index (κ1) is 17.3. The van der Waals surface area contributed by atoms with E-state index in [4.69, 9.17) is 9.73 Å². The number of para-hydroxylation sites is 1. The molecule has 9 nitrogen and oxygen atoms in total. The standard InChI is InChI=1S/C18H18N6O3/c25-24(26)15-7-5-14(6-8-15)19-18(13-22-9-11-27-12-10-22)23-17-4-2-1-3-16(17)20-21-23/h1-8H,9-13H2. The molecule has 27 heavy (non-hydrogen) atoms. The van der Waals surface area contributed by atoms with Crippen LogP contribution in [0.3, 0.4) is 0 Å². The zero-order valence-corrected chi connectivity index (χ0v) is 14.6. The molecule has 0 N–H and O–H groups in total. The fraction of sp³-hybridized carbons (Fsp3) is 0.278. The topological polar surface area (TPSA) is 98.7 Å². The molecule has 0 saturated carbocycles. The molecule has 0 atom stereocenters. The number of non-ortho nitro benzene ring substituents is 1. The number of hydrogen-bond acceptors (Lipinski definition) is 7. The number of nitrogens with zero attached hydrogens (tertiary/aromatic N) is 6. The molecule has 0 aliphatic carbocycles. The monoisotopic (exact) mass is 366 g/mol. The number of ether oxygens (including phenoxy) is 1. The van der Waals surface area contributed by atoms with Gasteiger partial charge in [0.2, 0.25) is 0 Å². The van der Waals surface area contributed by atoms with Crippen LogP contribution in [0, 0.1) is 10.1 Å². The Morgan fingerprint density at radius 1 is 1.15 bits per heavy atom. The maximum atomic E-state index is 10.9. The van der Waals surface area contributed by atoms with Gasteiger partial charge in [0.05, 0.1) is 35.9 Å². The summed E-state index contributed by atoms with van der Waals surface area (Å²) in [5.41, 5.74) is 2.32. The lowest BCUT2D eigenvalue weighted by atomic mass is 10.3. The summed E-state index contributed by atoms with van der Waals surface area (Å²) in [5.74, 6) is 0.708. The van der Waals surface area contributed by atoms with Gasteiger partial charge in [-0.1, -0.05) is 17.3 Å². The number of aliphatic imine (C=N–C) groups is 1. The molecule has 138 valence electrons. The Bertz CT molecular complexity index is 976. The first-order valence-corrected chi connectivity index (χ1v) is 8.64. The Balaban J connectivity index is 1.71. The van der Waals surface area contributed by atoms with Gasteiger partial charge in [-0.25, -0.2) is 4.99 Å². The lowest BCUT2D eigenvalue weighted by molar-refractivity contribution is -0.384. The lowest BCUT2D eigenvalue weighted by Crippen LogP contribution is -2.41. The van der Waals surface area contributed by atoms with Gasteiger partial charge in [0.25, 0.3) is 5.69 Å².